The highest BCUT2D eigenvalue weighted by molar-refractivity contribution is 5.71. The fourth-order valence-electron chi connectivity index (χ4n) is 2.77. The highest BCUT2D eigenvalue weighted by Crippen LogP contribution is 2.16. The van der Waals surface area contributed by atoms with Crippen molar-refractivity contribution >= 4 is 11.0 Å². The van der Waals surface area contributed by atoms with Crippen LogP contribution in [-0.4, -0.2) is 4.98 Å². The van der Waals surface area contributed by atoms with Gasteiger partial charge in [0.25, 0.3) is 5.82 Å². The largest absolute Gasteiger partial charge is 0.258 e. The van der Waals surface area contributed by atoms with Crippen LogP contribution in [0.25, 0.3) is 11.0 Å². The average Bonchev–Trinajstić information content (AvgIpc) is 2.78. The zero-order chi connectivity index (χ0) is 14.1. The summed E-state index contributed by atoms with van der Waals surface area (Å²) in [5, 5.41) is 0. The molecular weight excluding hydrogens is 244 g/mol. The first-order valence-corrected chi connectivity index (χ1v) is 7.21. The smallest absolute Gasteiger partial charge is 0.241 e. The van der Waals surface area contributed by atoms with E-state index in [9.17, 15) is 0 Å². The Morgan fingerprint density at radius 3 is 2.60 bits per heavy atom. The Balaban J connectivity index is 2.11. The van der Waals surface area contributed by atoms with Crippen molar-refractivity contribution in [3.63, 3.8) is 0 Å². The Bertz CT molecular complexity index is 738. The first kappa shape index (κ1) is 12.9. The van der Waals surface area contributed by atoms with Gasteiger partial charge in [-0.15, -0.1) is 0 Å². The van der Waals surface area contributed by atoms with Gasteiger partial charge in [-0.2, -0.15) is 0 Å². The molecule has 1 N–H and O–H groups in total. The predicted molar refractivity (Wildman–Crippen MR) is 82.9 cm³/mol. The van der Waals surface area contributed by atoms with Gasteiger partial charge in [-0.3, -0.25) is 0 Å². The van der Waals surface area contributed by atoms with E-state index in [1.54, 1.807) is 0 Å². The van der Waals surface area contributed by atoms with Crippen LogP contribution in [0, 0.1) is 6.92 Å². The molecule has 0 bridgehead atoms. The van der Waals surface area contributed by atoms with Gasteiger partial charge in [-0.1, -0.05) is 55.8 Å². The lowest BCUT2D eigenvalue weighted by Crippen LogP contribution is -2.38. The number of para-hydroxylation sites is 2. The van der Waals surface area contributed by atoms with Gasteiger partial charge in [0.2, 0.25) is 0 Å². The zero-order valence-electron chi connectivity index (χ0n) is 12.4. The monoisotopic (exact) mass is 265 g/mol. The molecule has 0 atom stereocenters. The SMILES string of the molecule is Cc1cccc(C[n+]2c(C(C)C)[nH]c3ccccc32)c1. The molecule has 1 aromatic heterocycles. The maximum absolute atomic E-state index is 3.56. The van der Waals surface area contributed by atoms with Crippen LogP contribution in [0.3, 0.4) is 0 Å². The molecule has 0 aliphatic rings. The number of aromatic nitrogens is 2. The second kappa shape index (κ2) is 5.12. The Morgan fingerprint density at radius 2 is 1.85 bits per heavy atom. The molecule has 2 nitrogen and oxygen atoms in total. The summed E-state index contributed by atoms with van der Waals surface area (Å²) < 4.78 is 2.40. The van der Waals surface area contributed by atoms with Gasteiger partial charge in [0, 0.05) is 0 Å². The van der Waals surface area contributed by atoms with Gasteiger partial charge in [-0.05, 0) is 24.6 Å². The minimum atomic E-state index is 0.479. The molecule has 1 heterocycles. The lowest BCUT2D eigenvalue weighted by Gasteiger charge is -2.05. The van der Waals surface area contributed by atoms with E-state index in [0.29, 0.717) is 5.92 Å². The number of hydrogen-bond acceptors (Lipinski definition) is 0. The van der Waals surface area contributed by atoms with Crippen molar-refractivity contribution in [3.05, 3.63) is 65.5 Å². The summed E-state index contributed by atoms with van der Waals surface area (Å²) >= 11 is 0. The minimum absolute atomic E-state index is 0.479. The van der Waals surface area contributed by atoms with Crippen molar-refractivity contribution in [2.45, 2.75) is 33.2 Å². The number of nitrogens with one attached hydrogen (secondary N) is 1. The summed E-state index contributed by atoms with van der Waals surface area (Å²) in [4.78, 5) is 3.56. The molecule has 3 rings (SSSR count). The number of nitrogens with zero attached hydrogens (tertiary/aromatic N) is 1. The van der Waals surface area contributed by atoms with Crippen LogP contribution in [0.15, 0.2) is 48.5 Å². The number of fused-ring (bicyclic) bond motifs is 1. The number of H-pyrrole nitrogens is 1. The third-order valence-corrected chi connectivity index (χ3v) is 3.72. The van der Waals surface area contributed by atoms with Crippen molar-refractivity contribution in [1.29, 1.82) is 0 Å². The van der Waals surface area contributed by atoms with Crippen molar-refractivity contribution in [2.75, 3.05) is 0 Å². The summed E-state index contributed by atoms with van der Waals surface area (Å²) in [5.74, 6) is 1.76. The second-order valence-corrected chi connectivity index (χ2v) is 5.76. The van der Waals surface area contributed by atoms with E-state index in [2.05, 4.69) is 78.9 Å². The van der Waals surface area contributed by atoms with Crippen LogP contribution in [0.4, 0.5) is 0 Å². The highest BCUT2D eigenvalue weighted by Gasteiger charge is 2.20. The number of aryl methyl sites for hydroxylation is 1. The lowest BCUT2D eigenvalue weighted by molar-refractivity contribution is -0.671. The van der Waals surface area contributed by atoms with Crippen LogP contribution < -0.4 is 4.57 Å². The van der Waals surface area contributed by atoms with Crippen molar-refractivity contribution in [2.24, 2.45) is 0 Å². The number of benzene rings is 2. The third kappa shape index (κ3) is 2.34. The normalized spacial score (nSPS) is 11.4. The third-order valence-electron chi connectivity index (χ3n) is 3.72. The molecule has 0 fully saturated rings. The van der Waals surface area contributed by atoms with Crippen LogP contribution in [0.2, 0.25) is 0 Å². The standard InChI is InChI=1S/C18H20N2/c1-13(2)18-19-16-9-4-5-10-17(16)20(18)12-15-8-6-7-14(3)11-15/h4-11,13H,12H2,1-3H3/p+1. The molecule has 20 heavy (non-hydrogen) atoms. The maximum Gasteiger partial charge on any atom is 0.258 e. The Labute approximate surface area is 120 Å². The molecule has 0 spiro atoms. The van der Waals surface area contributed by atoms with Gasteiger partial charge in [0.1, 0.15) is 6.54 Å². The molecule has 0 aliphatic carbocycles. The number of rotatable bonds is 3. The van der Waals surface area contributed by atoms with Gasteiger partial charge >= 0.3 is 0 Å². The maximum atomic E-state index is 3.56. The lowest BCUT2D eigenvalue weighted by atomic mass is 10.1. The molecule has 0 saturated carbocycles. The second-order valence-electron chi connectivity index (χ2n) is 5.76. The summed E-state index contributed by atoms with van der Waals surface area (Å²) in [6, 6.07) is 17.3. The molecule has 0 aliphatic heterocycles. The molecule has 102 valence electrons. The topological polar surface area (TPSA) is 19.7 Å². The molecule has 0 amide bonds. The van der Waals surface area contributed by atoms with Crippen LogP contribution in [-0.2, 0) is 6.54 Å². The van der Waals surface area contributed by atoms with E-state index >= 15 is 0 Å². The van der Waals surface area contributed by atoms with E-state index in [1.807, 2.05) is 0 Å². The predicted octanol–water partition coefficient (Wildman–Crippen LogP) is 3.94. The van der Waals surface area contributed by atoms with E-state index in [4.69, 9.17) is 0 Å². The number of imidazole rings is 1. The molecule has 2 aromatic carbocycles. The van der Waals surface area contributed by atoms with Crippen molar-refractivity contribution in [1.82, 2.24) is 4.98 Å². The number of aromatic amines is 1. The fourth-order valence-corrected chi connectivity index (χ4v) is 2.77. The molecular formula is C18H21N2+. The van der Waals surface area contributed by atoms with Crippen molar-refractivity contribution < 1.29 is 4.57 Å². The average molecular weight is 265 g/mol. The summed E-state index contributed by atoms with van der Waals surface area (Å²) in [6.07, 6.45) is 0. The first-order chi connectivity index (χ1) is 9.65. The van der Waals surface area contributed by atoms with Gasteiger partial charge < -0.3 is 0 Å². The summed E-state index contributed by atoms with van der Waals surface area (Å²) in [6.45, 7) is 7.53. The van der Waals surface area contributed by atoms with Gasteiger partial charge in [0.05, 0.1) is 5.92 Å². The van der Waals surface area contributed by atoms with Gasteiger partial charge in [0.15, 0.2) is 11.0 Å². The van der Waals surface area contributed by atoms with E-state index < -0.39 is 0 Å². The zero-order valence-corrected chi connectivity index (χ0v) is 12.4. The summed E-state index contributed by atoms with van der Waals surface area (Å²) in [7, 11) is 0. The van der Waals surface area contributed by atoms with Crippen LogP contribution >= 0.6 is 0 Å². The van der Waals surface area contributed by atoms with Gasteiger partial charge in [-0.25, -0.2) is 9.55 Å². The van der Waals surface area contributed by atoms with E-state index in [0.717, 1.165) is 6.54 Å². The quantitative estimate of drug-likeness (QED) is 0.692. The molecule has 2 heteroatoms. The fraction of sp³-hybridized carbons (Fsp3) is 0.278. The highest BCUT2D eigenvalue weighted by atomic mass is 15.1. The molecule has 0 unspecified atom stereocenters. The molecule has 0 saturated heterocycles. The number of hydrogen-bond donors (Lipinski definition) is 1. The van der Waals surface area contributed by atoms with Crippen LogP contribution in [0.1, 0.15) is 36.7 Å². The van der Waals surface area contributed by atoms with Crippen molar-refractivity contribution in [3.8, 4) is 0 Å². The Hall–Kier alpha value is -2.09. The molecule has 3 aromatic rings. The molecule has 0 radical (unpaired) electrons. The van der Waals surface area contributed by atoms with Crippen LogP contribution in [0.5, 0.6) is 0 Å². The Kier molecular flexibility index (Phi) is 3.31. The Morgan fingerprint density at radius 1 is 1.05 bits per heavy atom. The first-order valence-electron chi connectivity index (χ1n) is 7.21. The minimum Gasteiger partial charge on any atom is -0.241 e. The summed E-state index contributed by atoms with van der Waals surface area (Å²) in [5.41, 5.74) is 5.15. The van der Waals surface area contributed by atoms with E-state index in [1.165, 1.54) is 28.0 Å². The van der Waals surface area contributed by atoms with E-state index in [-0.39, 0.29) is 0 Å².